The van der Waals surface area contributed by atoms with Gasteiger partial charge in [-0.1, -0.05) is 47.6 Å². The van der Waals surface area contributed by atoms with Crippen molar-refractivity contribution in [3.8, 4) is 0 Å². The second kappa shape index (κ2) is 9.19. The summed E-state index contributed by atoms with van der Waals surface area (Å²) in [6.07, 6.45) is 2.47. The van der Waals surface area contributed by atoms with Gasteiger partial charge in [-0.25, -0.2) is 13.6 Å². The van der Waals surface area contributed by atoms with Crippen molar-refractivity contribution in [1.82, 2.24) is 4.57 Å². The van der Waals surface area contributed by atoms with Gasteiger partial charge in [0, 0.05) is 39.0 Å². The molecule has 0 unspecified atom stereocenters. The van der Waals surface area contributed by atoms with Crippen LogP contribution in [0.4, 0.5) is 14.5 Å². The minimum Gasteiger partial charge on any atom is -0.478 e. The third kappa shape index (κ3) is 4.08. The Morgan fingerprint density at radius 1 is 1.03 bits per heavy atom. The Morgan fingerprint density at radius 3 is 2.57 bits per heavy atom. The van der Waals surface area contributed by atoms with Gasteiger partial charge in [-0.2, -0.15) is 0 Å². The Bertz CT molecular complexity index is 1600. The number of hydrogen-bond donors (Lipinski definition) is 1. The molecule has 1 N–H and O–H groups in total. The maximum atomic E-state index is 15.6. The van der Waals surface area contributed by atoms with E-state index in [0.717, 1.165) is 48.0 Å². The molecule has 1 fully saturated rings. The van der Waals surface area contributed by atoms with E-state index in [4.69, 9.17) is 11.6 Å². The van der Waals surface area contributed by atoms with E-state index in [9.17, 15) is 14.7 Å². The highest BCUT2D eigenvalue weighted by atomic mass is 35.5. The second-order valence-electron chi connectivity index (χ2n) is 9.28. The number of benzene rings is 3. The summed E-state index contributed by atoms with van der Waals surface area (Å²) in [6.45, 7) is 0.459. The van der Waals surface area contributed by atoms with Gasteiger partial charge in [0.1, 0.15) is 6.54 Å². The first-order valence-corrected chi connectivity index (χ1v) is 13.1. The Hall–Kier alpha value is -3.36. The Kier molecular flexibility index (Phi) is 5.96. The molecule has 1 aliphatic carbocycles. The number of fused-ring (bicyclic) bond motifs is 2. The van der Waals surface area contributed by atoms with E-state index in [-0.39, 0.29) is 33.8 Å². The average Bonchev–Trinajstić information content (AvgIpc) is 3.54. The van der Waals surface area contributed by atoms with Crippen LogP contribution >= 0.6 is 23.4 Å². The fraction of sp³-hybridized carbons (Fsp3) is 0.214. The fourth-order valence-corrected chi connectivity index (χ4v) is 6.46. The normalized spacial score (nSPS) is 14.8. The van der Waals surface area contributed by atoms with Gasteiger partial charge in [-0.3, -0.25) is 4.79 Å². The highest BCUT2D eigenvalue weighted by Gasteiger charge is 2.35. The number of carbonyl (C=O) groups is 2. The van der Waals surface area contributed by atoms with Gasteiger partial charge < -0.3 is 14.6 Å². The van der Waals surface area contributed by atoms with Crippen LogP contribution in [0.3, 0.4) is 0 Å². The summed E-state index contributed by atoms with van der Waals surface area (Å²) in [6, 6.07) is 15.1. The van der Waals surface area contributed by atoms with Crippen LogP contribution in [0.15, 0.2) is 64.4 Å². The summed E-state index contributed by atoms with van der Waals surface area (Å²) in [5.41, 5.74) is 2.47. The number of anilines is 1. The van der Waals surface area contributed by atoms with Crippen LogP contribution in [0, 0.1) is 11.6 Å². The molecule has 1 aliphatic heterocycles. The van der Waals surface area contributed by atoms with Crippen molar-refractivity contribution in [2.24, 2.45) is 0 Å². The molecule has 1 saturated carbocycles. The van der Waals surface area contributed by atoms with Crippen molar-refractivity contribution in [3.63, 3.8) is 0 Å². The number of carboxylic acids is 1. The van der Waals surface area contributed by atoms with Gasteiger partial charge in [0.2, 0.25) is 5.91 Å². The van der Waals surface area contributed by atoms with E-state index in [1.807, 2.05) is 24.3 Å². The Morgan fingerprint density at radius 2 is 1.81 bits per heavy atom. The van der Waals surface area contributed by atoms with E-state index < -0.39 is 23.2 Å². The summed E-state index contributed by atoms with van der Waals surface area (Å²) < 4.78 is 32.3. The molecule has 4 aromatic rings. The quantitative estimate of drug-likeness (QED) is 0.290. The van der Waals surface area contributed by atoms with Crippen molar-refractivity contribution in [2.75, 3.05) is 11.4 Å². The zero-order valence-electron chi connectivity index (χ0n) is 19.5. The minimum absolute atomic E-state index is 0.0665. The SMILES string of the molecule is O=C(O)c1cccc(Sc2c(C3CC3)n(CC(=O)N3CCc4ccccc43)c3c(F)c(Cl)ccc23)c1F. The second-order valence-corrected chi connectivity index (χ2v) is 10.7. The largest absolute Gasteiger partial charge is 0.478 e. The van der Waals surface area contributed by atoms with E-state index in [1.54, 1.807) is 15.5 Å². The van der Waals surface area contributed by atoms with Crippen LogP contribution in [0.2, 0.25) is 5.02 Å². The van der Waals surface area contributed by atoms with Gasteiger partial charge in [0.15, 0.2) is 11.6 Å². The van der Waals surface area contributed by atoms with Gasteiger partial charge >= 0.3 is 5.97 Å². The topological polar surface area (TPSA) is 62.5 Å². The van der Waals surface area contributed by atoms with Gasteiger partial charge in [0.05, 0.1) is 16.1 Å². The number of aromatic carboxylic acids is 1. The third-order valence-electron chi connectivity index (χ3n) is 6.96. The summed E-state index contributed by atoms with van der Waals surface area (Å²) in [5, 5.41) is 9.82. The molecule has 1 aromatic heterocycles. The molecule has 5 nitrogen and oxygen atoms in total. The number of amides is 1. The number of carboxylic acid groups (broad SMARTS) is 1. The number of rotatable bonds is 6. The molecule has 0 spiro atoms. The third-order valence-corrected chi connectivity index (χ3v) is 8.42. The van der Waals surface area contributed by atoms with Crippen molar-refractivity contribution >= 4 is 51.8 Å². The van der Waals surface area contributed by atoms with Crippen LogP contribution in [0.5, 0.6) is 0 Å². The van der Waals surface area contributed by atoms with Crippen LogP contribution in [-0.2, 0) is 17.8 Å². The molecule has 37 heavy (non-hydrogen) atoms. The van der Waals surface area contributed by atoms with Crippen molar-refractivity contribution < 1.29 is 23.5 Å². The lowest BCUT2D eigenvalue weighted by atomic mass is 10.2. The number of hydrogen-bond acceptors (Lipinski definition) is 3. The zero-order chi connectivity index (χ0) is 25.8. The Labute approximate surface area is 220 Å². The van der Waals surface area contributed by atoms with Gasteiger partial charge in [0.25, 0.3) is 0 Å². The first-order valence-electron chi connectivity index (χ1n) is 11.9. The van der Waals surface area contributed by atoms with Crippen LogP contribution < -0.4 is 4.90 Å². The van der Waals surface area contributed by atoms with Crippen LogP contribution in [0.25, 0.3) is 10.9 Å². The van der Waals surface area contributed by atoms with Crippen molar-refractivity contribution in [2.45, 2.75) is 41.5 Å². The van der Waals surface area contributed by atoms with E-state index in [1.165, 1.54) is 24.3 Å². The van der Waals surface area contributed by atoms with E-state index in [0.29, 0.717) is 16.8 Å². The monoisotopic (exact) mass is 538 g/mol. The van der Waals surface area contributed by atoms with E-state index in [2.05, 4.69) is 0 Å². The standard InChI is InChI=1S/C28H21ClF2N2O3S/c29-19-11-10-18-26(24(19)31)33(14-22(34)32-13-12-15-4-1-2-6-20(15)32)25(16-8-9-16)27(18)37-21-7-3-5-17(23(21)30)28(35)36/h1-7,10-11,16H,8-9,12-14H2,(H,35,36). The highest BCUT2D eigenvalue weighted by Crippen LogP contribution is 2.51. The highest BCUT2D eigenvalue weighted by molar-refractivity contribution is 7.99. The lowest BCUT2D eigenvalue weighted by Crippen LogP contribution is -2.32. The molecular formula is C28H21ClF2N2O3S. The molecule has 1 amide bonds. The molecule has 9 heteroatoms. The molecule has 0 bridgehead atoms. The van der Waals surface area contributed by atoms with Gasteiger partial charge in [-0.05, 0) is 55.2 Å². The molecule has 0 radical (unpaired) electrons. The molecular weight excluding hydrogens is 518 g/mol. The average molecular weight is 539 g/mol. The first kappa shape index (κ1) is 24.0. The number of aromatic nitrogens is 1. The summed E-state index contributed by atoms with van der Waals surface area (Å²) in [4.78, 5) is 27.5. The zero-order valence-corrected chi connectivity index (χ0v) is 21.1. The molecule has 6 rings (SSSR count). The van der Waals surface area contributed by atoms with Crippen LogP contribution in [-0.4, -0.2) is 28.1 Å². The predicted octanol–water partition coefficient (Wildman–Crippen LogP) is 6.89. The maximum Gasteiger partial charge on any atom is 0.338 e. The Balaban J connectivity index is 1.48. The number of para-hydroxylation sites is 1. The molecule has 188 valence electrons. The lowest BCUT2D eigenvalue weighted by molar-refractivity contribution is -0.119. The molecule has 2 heterocycles. The van der Waals surface area contributed by atoms with Crippen molar-refractivity contribution in [1.29, 1.82) is 0 Å². The number of nitrogens with zero attached hydrogens (tertiary/aromatic N) is 2. The summed E-state index contributed by atoms with van der Waals surface area (Å²) in [5.74, 6) is -2.93. The number of carbonyl (C=O) groups excluding carboxylic acids is 1. The number of halogens is 3. The molecule has 3 aromatic carbocycles. The predicted molar refractivity (Wildman–Crippen MR) is 139 cm³/mol. The summed E-state index contributed by atoms with van der Waals surface area (Å²) >= 11 is 7.23. The van der Waals surface area contributed by atoms with E-state index >= 15 is 8.78 Å². The fourth-order valence-electron chi connectivity index (χ4n) is 5.08. The first-order chi connectivity index (χ1) is 17.8. The van der Waals surface area contributed by atoms with Gasteiger partial charge in [-0.15, -0.1) is 0 Å². The van der Waals surface area contributed by atoms with Crippen LogP contribution in [0.1, 0.15) is 40.4 Å². The molecule has 0 atom stereocenters. The minimum atomic E-state index is -1.36. The van der Waals surface area contributed by atoms with Crippen molar-refractivity contribution in [3.05, 3.63) is 88.1 Å². The maximum absolute atomic E-state index is 15.6. The summed E-state index contributed by atoms with van der Waals surface area (Å²) in [7, 11) is 0. The molecule has 0 saturated heterocycles. The lowest BCUT2D eigenvalue weighted by Gasteiger charge is -2.20. The molecule has 2 aliphatic rings. The smallest absolute Gasteiger partial charge is 0.338 e.